The maximum atomic E-state index is 10.7. The van der Waals surface area contributed by atoms with Gasteiger partial charge in [0, 0.05) is 16.6 Å². The molecule has 3 nitrogen and oxygen atoms in total. The summed E-state index contributed by atoms with van der Waals surface area (Å²) >= 11 is 3.35. The lowest BCUT2D eigenvalue weighted by Gasteiger charge is -2.03. The number of rotatable bonds is 1. The van der Waals surface area contributed by atoms with Crippen LogP contribution in [0.3, 0.4) is 0 Å². The number of carboxylic acids is 1. The molecule has 0 radical (unpaired) electrons. The SMILES string of the molecule is O=C(O)[C@H]1Cc2cc(Br)ccc2N1. The number of benzene rings is 1. The Morgan fingerprint density at radius 3 is 3.08 bits per heavy atom. The molecule has 68 valence electrons. The summed E-state index contributed by atoms with van der Waals surface area (Å²) in [5.74, 6) is -0.799. The van der Waals surface area contributed by atoms with E-state index in [1.165, 1.54) is 0 Å². The van der Waals surface area contributed by atoms with Gasteiger partial charge in [-0.3, -0.25) is 0 Å². The molecule has 2 N–H and O–H groups in total. The summed E-state index contributed by atoms with van der Waals surface area (Å²) in [6.07, 6.45) is 0.560. The smallest absolute Gasteiger partial charge is 0.326 e. The van der Waals surface area contributed by atoms with Crippen LogP contribution in [0.15, 0.2) is 22.7 Å². The van der Waals surface area contributed by atoms with Crippen molar-refractivity contribution in [3.8, 4) is 0 Å². The van der Waals surface area contributed by atoms with E-state index in [1.54, 1.807) is 0 Å². The number of nitrogens with one attached hydrogen (secondary N) is 1. The third-order valence-corrected chi connectivity index (χ3v) is 2.61. The molecule has 2 rings (SSSR count). The first-order chi connectivity index (χ1) is 6.16. The van der Waals surface area contributed by atoms with Gasteiger partial charge in [-0.05, 0) is 23.8 Å². The molecule has 0 spiro atoms. The zero-order valence-corrected chi connectivity index (χ0v) is 8.34. The lowest BCUT2D eigenvalue weighted by molar-refractivity contribution is -0.137. The number of fused-ring (bicyclic) bond motifs is 1. The summed E-state index contributed by atoms with van der Waals surface area (Å²) in [5, 5.41) is 11.7. The fourth-order valence-electron chi connectivity index (χ4n) is 1.48. The molecule has 0 fully saturated rings. The van der Waals surface area contributed by atoms with Crippen molar-refractivity contribution in [1.29, 1.82) is 0 Å². The zero-order valence-electron chi connectivity index (χ0n) is 6.75. The highest BCUT2D eigenvalue weighted by molar-refractivity contribution is 9.10. The summed E-state index contributed by atoms with van der Waals surface area (Å²) in [4.78, 5) is 10.7. The van der Waals surface area contributed by atoms with Gasteiger partial charge in [0.1, 0.15) is 6.04 Å². The molecule has 0 aliphatic carbocycles. The van der Waals surface area contributed by atoms with Crippen molar-refractivity contribution >= 4 is 27.6 Å². The second-order valence-electron chi connectivity index (χ2n) is 3.04. The average molecular weight is 242 g/mol. The molecular formula is C9H8BrNO2. The van der Waals surface area contributed by atoms with E-state index in [2.05, 4.69) is 21.2 Å². The minimum atomic E-state index is -0.799. The van der Waals surface area contributed by atoms with Crippen molar-refractivity contribution in [3.63, 3.8) is 0 Å². The average Bonchev–Trinajstić information content (AvgIpc) is 2.46. The van der Waals surface area contributed by atoms with Gasteiger partial charge in [0.2, 0.25) is 0 Å². The standard InChI is InChI=1S/C9H8BrNO2/c10-6-1-2-7-5(3-6)4-8(11-7)9(12)13/h1-3,8,11H,4H2,(H,12,13)/t8-/m1/s1. The Hall–Kier alpha value is -1.03. The van der Waals surface area contributed by atoms with Crippen LogP contribution in [-0.2, 0) is 11.2 Å². The largest absolute Gasteiger partial charge is 0.480 e. The molecular weight excluding hydrogens is 234 g/mol. The highest BCUT2D eigenvalue weighted by atomic mass is 79.9. The summed E-state index contributed by atoms with van der Waals surface area (Å²) in [6.45, 7) is 0. The van der Waals surface area contributed by atoms with E-state index in [-0.39, 0.29) is 0 Å². The van der Waals surface area contributed by atoms with Crippen LogP contribution < -0.4 is 5.32 Å². The van der Waals surface area contributed by atoms with Gasteiger partial charge in [-0.1, -0.05) is 15.9 Å². The minimum absolute atomic E-state index is 0.468. The molecule has 1 heterocycles. The number of hydrogen-bond acceptors (Lipinski definition) is 2. The predicted molar refractivity (Wildman–Crippen MR) is 52.9 cm³/mol. The quantitative estimate of drug-likeness (QED) is 0.790. The summed E-state index contributed by atoms with van der Waals surface area (Å²) in [5.41, 5.74) is 1.98. The Morgan fingerprint density at radius 1 is 1.62 bits per heavy atom. The molecule has 1 aromatic carbocycles. The van der Waals surface area contributed by atoms with E-state index < -0.39 is 12.0 Å². The minimum Gasteiger partial charge on any atom is -0.480 e. The monoisotopic (exact) mass is 241 g/mol. The molecule has 0 aromatic heterocycles. The molecule has 0 saturated heterocycles. The zero-order chi connectivity index (χ0) is 9.42. The summed E-state index contributed by atoms with van der Waals surface area (Å²) < 4.78 is 0.985. The number of halogens is 1. The molecule has 0 bridgehead atoms. The van der Waals surface area contributed by atoms with Crippen molar-refractivity contribution in [2.75, 3.05) is 5.32 Å². The number of carboxylic acid groups (broad SMARTS) is 1. The normalized spacial score (nSPS) is 19.3. The molecule has 13 heavy (non-hydrogen) atoms. The Morgan fingerprint density at radius 2 is 2.38 bits per heavy atom. The van der Waals surface area contributed by atoms with Gasteiger partial charge in [-0.25, -0.2) is 4.79 Å². The fourth-order valence-corrected chi connectivity index (χ4v) is 1.89. The van der Waals surface area contributed by atoms with Crippen molar-refractivity contribution in [1.82, 2.24) is 0 Å². The molecule has 1 aliphatic heterocycles. The van der Waals surface area contributed by atoms with E-state index in [4.69, 9.17) is 5.11 Å². The fraction of sp³-hybridized carbons (Fsp3) is 0.222. The maximum Gasteiger partial charge on any atom is 0.326 e. The first-order valence-corrected chi connectivity index (χ1v) is 4.74. The summed E-state index contributed by atoms with van der Waals surface area (Å²) in [7, 11) is 0. The van der Waals surface area contributed by atoms with Crippen molar-refractivity contribution < 1.29 is 9.90 Å². The second kappa shape index (κ2) is 3.03. The highest BCUT2D eigenvalue weighted by Crippen LogP contribution is 2.28. The second-order valence-corrected chi connectivity index (χ2v) is 3.96. The first-order valence-electron chi connectivity index (χ1n) is 3.94. The van der Waals surface area contributed by atoms with E-state index in [9.17, 15) is 4.79 Å². The number of carbonyl (C=O) groups is 1. The summed E-state index contributed by atoms with van der Waals surface area (Å²) in [6, 6.07) is 5.27. The lowest BCUT2D eigenvalue weighted by atomic mass is 10.1. The van der Waals surface area contributed by atoms with Crippen molar-refractivity contribution in [3.05, 3.63) is 28.2 Å². The van der Waals surface area contributed by atoms with Gasteiger partial charge in [-0.2, -0.15) is 0 Å². The highest BCUT2D eigenvalue weighted by Gasteiger charge is 2.25. The molecule has 0 saturated carbocycles. The Labute approximate surface area is 83.9 Å². The third-order valence-electron chi connectivity index (χ3n) is 2.12. The predicted octanol–water partition coefficient (Wildman–Crippen LogP) is 1.87. The van der Waals surface area contributed by atoms with E-state index >= 15 is 0 Å². The first kappa shape index (κ1) is 8.56. The van der Waals surface area contributed by atoms with Gasteiger partial charge < -0.3 is 10.4 Å². The van der Waals surface area contributed by atoms with E-state index in [0.717, 1.165) is 15.7 Å². The van der Waals surface area contributed by atoms with Gasteiger partial charge >= 0.3 is 5.97 Å². The molecule has 4 heteroatoms. The molecule has 1 atom stereocenters. The van der Waals surface area contributed by atoms with Crippen LogP contribution in [0, 0.1) is 0 Å². The third kappa shape index (κ3) is 1.54. The molecule has 1 aliphatic rings. The van der Waals surface area contributed by atoms with Crippen LogP contribution in [-0.4, -0.2) is 17.1 Å². The van der Waals surface area contributed by atoms with Crippen LogP contribution >= 0.6 is 15.9 Å². The van der Waals surface area contributed by atoms with Gasteiger partial charge in [0.25, 0.3) is 0 Å². The van der Waals surface area contributed by atoms with Crippen LogP contribution in [0.5, 0.6) is 0 Å². The van der Waals surface area contributed by atoms with E-state index in [1.807, 2.05) is 18.2 Å². The topological polar surface area (TPSA) is 49.3 Å². The molecule has 0 amide bonds. The van der Waals surface area contributed by atoms with E-state index in [0.29, 0.717) is 6.42 Å². The van der Waals surface area contributed by atoms with Gasteiger partial charge in [-0.15, -0.1) is 0 Å². The maximum absolute atomic E-state index is 10.7. The molecule has 1 aromatic rings. The van der Waals surface area contributed by atoms with Crippen LogP contribution in [0.25, 0.3) is 0 Å². The Bertz CT molecular complexity index is 365. The van der Waals surface area contributed by atoms with Crippen LogP contribution in [0.2, 0.25) is 0 Å². The Balaban J connectivity index is 2.30. The Kier molecular flexibility index (Phi) is 2.00. The number of hydrogen-bond donors (Lipinski definition) is 2. The van der Waals surface area contributed by atoms with Crippen molar-refractivity contribution in [2.24, 2.45) is 0 Å². The van der Waals surface area contributed by atoms with Crippen LogP contribution in [0.1, 0.15) is 5.56 Å². The van der Waals surface area contributed by atoms with Crippen LogP contribution in [0.4, 0.5) is 5.69 Å². The molecule has 0 unspecified atom stereocenters. The number of anilines is 1. The lowest BCUT2D eigenvalue weighted by Crippen LogP contribution is -2.26. The van der Waals surface area contributed by atoms with Gasteiger partial charge in [0.05, 0.1) is 0 Å². The van der Waals surface area contributed by atoms with Gasteiger partial charge in [0.15, 0.2) is 0 Å². The van der Waals surface area contributed by atoms with Crippen molar-refractivity contribution in [2.45, 2.75) is 12.5 Å². The number of aliphatic carboxylic acids is 1.